The van der Waals surface area contributed by atoms with E-state index >= 15 is 0 Å². The first kappa shape index (κ1) is 15.6. The molecule has 0 unspecified atom stereocenters. The fraction of sp³-hybridized carbons (Fsp3) is 0.333. The van der Waals surface area contributed by atoms with Crippen LogP contribution in [0.5, 0.6) is 5.75 Å². The molecule has 21 heavy (non-hydrogen) atoms. The van der Waals surface area contributed by atoms with E-state index in [9.17, 15) is 4.79 Å². The lowest BCUT2D eigenvalue weighted by atomic mass is 10.2. The zero-order valence-electron chi connectivity index (χ0n) is 12.0. The number of aliphatic carboxylic acids is 1. The Bertz CT molecular complexity index is 661. The number of fused-ring (bicyclic) bond motifs is 1. The number of rotatable bonds is 6. The highest BCUT2D eigenvalue weighted by molar-refractivity contribution is 7.99. The van der Waals surface area contributed by atoms with Gasteiger partial charge in [0.2, 0.25) is 0 Å². The van der Waals surface area contributed by atoms with Crippen molar-refractivity contribution in [1.82, 2.24) is 4.98 Å². The van der Waals surface area contributed by atoms with Crippen molar-refractivity contribution in [3.63, 3.8) is 0 Å². The molecule has 0 bridgehead atoms. The summed E-state index contributed by atoms with van der Waals surface area (Å²) in [6.07, 6.45) is 0. The van der Waals surface area contributed by atoms with Crippen LogP contribution in [-0.4, -0.2) is 34.5 Å². The van der Waals surface area contributed by atoms with E-state index in [0.29, 0.717) is 12.4 Å². The van der Waals surface area contributed by atoms with Crippen LogP contribution in [0.3, 0.4) is 0 Å². The quantitative estimate of drug-likeness (QED) is 0.797. The second kappa shape index (κ2) is 6.78. The minimum Gasteiger partial charge on any atom is -0.494 e. The highest BCUT2D eigenvalue weighted by Crippen LogP contribution is 2.30. The van der Waals surface area contributed by atoms with E-state index in [1.807, 2.05) is 38.1 Å². The Hall–Kier alpha value is -1.79. The summed E-state index contributed by atoms with van der Waals surface area (Å²) < 4.78 is 5.51. The summed E-state index contributed by atoms with van der Waals surface area (Å²) in [7, 11) is 0. The van der Waals surface area contributed by atoms with Crippen molar-refractivity contribution in [2.45, 2.75) is 24.8 Å². The topological polar surface area (TPSA) is 85.4 Å². The zero-order valence-corrected chi connectivity index (χ0v) is 12.8. The van der Waals surface area contributed by atoms with Gasteiger partial charge >= 0.3 is 5.97 Å². The Morgan fingerprint density at radius 1 is 1.48 bits per heavy atom. The number of thioether (sulfide) groups is 1. The number of carboxylic acids is 1. The molecule has 0 aliphatic heterocycles. The molecule has 3 N–H and O–H groups in total. The number of carbonyl (C=O) groups is 1. The van der Waals surface area contributed by atoms with Gasteiger partial charge in [-0.05, 0) is 38.1 Å². The van der Waals surface area contributed by atoms with Crippen molar-refractivity contribution in [1.29, 1.82) is 0 Å². The molecule has 0 spiro atoms. The molecule has 0 aliphatic rings. The highest BCUT2D eigenvalue weighted by atomic mass is 32.2. The normalized spacial score (nSPS) is 12.3. The third kappa shape index (κ3) is 3.86. The van der Waals surface area contributed by atoms with Crippen molar-refractivity contribution < 1.29 is 14.6 Å². The van der Waals surface area contributed by atoms with E-state index in [-0.39, 0.29) is 0 Å². The molecule has 2 rings (SSSR count). The maximum Gasteiger partial charge on any atom is 0.321 e. The molecular weight excluding hydrogens is 288 g/mol. The number of aryl methyl sites for hydroxylation is 1. The van der Waals surface area contributed by atoms with Crippen LogP contribution in [0.1, 0.15) is 12.6 Å². The predicted octanol–water partition coefficient (Wildman–Crippen LogP) is 2.45. The third-order valence-electron chi connectivity index (χ3n) is 2.92. The Labute approximate surface area is 127 Å². The van der Waals surface area contributed by atoms with Gasteiger partial charge in [0.05, 0.1) is 12.1 Å². The molecule has 0 amide bonds. The fourth-order valence-electron chi connectivity index (χ4n) is 1.93. The largest absolute Gasteiger partial charge is 0.494 e. The van der Waals surface area contributed by atoms with Crippen molar-refractivity contribution >= 4 is 28.6 Å². The average Bonchev–Trinajstić information content (AvgIpc) is 2.44. The van der Waals surface area contributed by atoms with Gasteiger partial charge in [-0.2, -0.15) is 0 Å². The van der Waals surface area contributed by atoms with E-state index in [1.54, 1.807) is 0 Å². The number of hydrogen-bond acceptors (Lipinski definition) is 5. The summed E-state index contributed by atoms with van der Waals surface area (Å²) in [6.45, 7) is 4.44. The number of aromatic nitrogens is 1. The molecule has 1 aromatic heterocycles. The number of carboxylic acid groups (broad SMARTS) is 1. The minimum absolute atomic E-state index is 0.312. The summed E-state index contributed by atoms with van der Waals surface area (Å²) in [6, 6.07) is 6.79. The van der Waals surface area contributed by atoms with Gasteiger partial charge in [0.25, 0.3) is 0 Å². The predicted molar refractivity (Wildman–Crippen MR) is 84.0 cm³/mol. The fourth-order valence-corrected chi connectivity index (χ4v) is 3.00. The van der Waals surface area contributed by atoms with E-state index in [4.69, 9.17) is 15.6 Å². The van der Waals surface area contributed by atoms with Crippen LogP contribution in [0.15, 0.2) is 29.2 Å². The third-order valence-corrected chi connectivity index (χ3v) is 4.09. The molecule has 0 saturated carbocycles. The van der Waals surface area contributed by atoms with Gasteiger partial charge in [-0.1, -0.05) is 0 Å². The number of nitrogens with zero attached hydrogens (tertiary/aromatic N) is 1. The van der Waals surface area contributed by atoms with Gasteiger partial charge in [0.15, 0.2) is 0 Å². The van der Waals surface area contributed by atoms with E-state index in [1.165, 1.54) is 11.8 Å². The Kier molecular flexibility index (Phi) is 5.03. The summed E-state index contributed by atoms with van der Waals surface area (Å²) in [5.41, 5.74) is 7.32. The molecule has 0 radical (unpaired) electrons. The first-order chi connectivity index (χ1) is 10.0. The summed E-state index contributed by atoms with van der Waals surface area (Å²) in [4.78, 5) is 16.3. The van der Waals surface area contributed by atoms with Crippen molar-refractivity contribution in [3.05, 3.63) is 30.0 Å². The van der Waals surface area contributed by atoms with Crippen LogP contribution < -0.4 is 10.5 Å². The molecule has 1 heterocycles. The molecule has 1 aromatic carbocycles. The molecule has 0 saturated heterocycles. The van der Waals surface area contributed by atoms with E-state index < -0.39 is 12.0 Å². The summed E-state index contributed by atoms with van der Waals surface area (Å²) in [5.74, 6) is 0.0971. The zero-order chi connectivity index (χ0) is 15.4. The second-order valence-corrected chi connectivity index (χ2v) is 5.69. The average molecular weight is 306 g/mol. The van der Waals surface area contributed by atoms with Crippen LogP contribution >= 0.6 is 11.8 Å². The first-order valence-corrected chi connectivity index (χ1v) is 7.65. The number of benzene rings is 1. The number of nitrogens with two attached hydrogens (primary N) is 1. The lowest BCUT2D eigenvalue weighted by Gasteiger charge is -2.11. The molecule has 0 aliphatic carbocycles. The lowest BCUT2D eigenvalue weighted by molar-refractivity contribution is -0.137. The molecule has 5 nitrogen and oxygen atoms in total. The number of pyridine rings is 1. The van der Waals surface area contributed by atoms with Gasteiger partial charge in [0, 0.05) is 21.7 Å². The van der Waals surface area contributed by atoms with E-state index in [0.717, 1.165) is 27.2 Å². The van der Waals surface area contributed by atoms with Crippen LogP contribution in [-0.2, 0) is 4.79 Å². The first-order valence-electron chi connectivity index (χ1n) is 6.66. The Morgan fingerprint density at radius 3 is 2.90 bits per heavy atom. The maximum absolute atomic E-state index is 10.8. The molecule has 2 aromatic rings. The molecule has 112 valence electrons. The highest BCUT2D eigenvalue weighted by Gasteiger charge is 2.13. The minimum atomic E-state index is -0.993. The van der Waals surface area contributed by atoms with Gasteiger partial charge in [-0.3, -0.25) is 9.78 Å². The smallest absolute Gasteiger partial charge is 0.321 e. The monoisotopic (exact) mass is 306 g/mol. The maximum atomic E-state index is 10.8. The van der Waals surface area contributed by atoms with E-state index in [2.05, 4.69) is 4.98 Å². The van der Waals surface area contributed by atoms with Crippen LogP contribution in [0.2, 0.25) is 0 Å². The Morgan fingerprint density at radius 2 is 2.24 bits per heavy atom. The van der Waals surface area contributed by atoms with Crippen LogP contribution in [0.4, 0.5) is 0 Å². The van der Waals surface area contributed by atoms with Gasteiger partial charge in [-0.15, -0.1) is 11.8 Å². The van der Waals surface area contributed by atoms with Crippen LogP contribution in [0, 0.1) is 6.92 Å². The van der Waals surface area contributed by atoms with Gasteiger partial charge in [0.1, 0.15) is 11.8 Å². The SMILES string of the molecule is CCOc1ccc2nc(C)cc(SC[C@H](N)C(=O)O)c2c1. The molecule has 0 fully saturated rings. The van der Waals surface area contributed by atoms with Crippen molar-refractivity contribution in [3.8, 4) is 5.75 Å². The molecular formula is C15H18N2O3S. The van der Waals surface area contributed by atoms with Crippen molar-refractivity contribution in [2.24, 2.45) is 5.73 Å². The molecule has 1 atom stereocenters. The van der Waals surface area contributed by atoms with Gasteiger partial charge in [-0.25, -0.2) is 0 Å². The number of hydrogen-bond donors (Lipinski definition) is 2. The lowest BCUT2D eigenvalue weighted by Crippen LogP contribution is -2.32. The van der Waals surface area contributed by atoms with Crippen LogP contribution in [0.25, 0.3) is 10.9 Å². The standard InChI is InChI=1S/C15H18N2O3S/c1-3-20-10-4-5-13-11(7-10)14(6-9(2)17-13)21-8-12(16)15(18)19/h4-7,12H,3,8,16H2,1-2H3,(H,18,19)/t12-/m0/s1. The number of ether oxygens (including phenoxy) is 1. The van der Waals surface area contributed by atoms with Gasteiger partial charge < -0.3 is 15.6 Å². The summed E-state index contributed by atoms with van der Waals surface area (Å²) in [5, 5.41) is 9.82. The Balaban J connectivity index is 2.35. The second-order valence-electron chi connectivity index (χ2n) is 4.63. The molecule has 6 heteroatoms. The summed E-state index contributed by atoms with van der Waals surface area (Å²) >= 11 is 1.43. The van der Waals surface area contributed by atoms with Crippen molar-refractivity contribution in [2.75, 3.05) is 12.4 Å².